The topological polar surface area (TPSA) is 34.1 Å². The van der Waals surface area contributed by atoms with Crippen molar-refractivity contribution < 1.29 is 22.6 Å². The zero-order valence-corrected chi connectivity index (χ0v) is 25.7. The third-order valence-corrected chi connectivity index (χ3v) is 7.44. The standard InChI is InChI=1S/C31H28ClF3N2O2S.BrH/c1-38-26-13-8-22(9-14-26)19-37(20-23-10-15-27(39-2)16-11-23)30(40-21-24-6-4-3-5-7-24)36-29-18-25(31(33,34)35)12-17-28(29)32;/h3-18H,19-21H2,1-2H3;1H. The molecule has 0 atom stereocenters. The van der Waals surface area contributed by atoms with E-state index in [1.54, 1.807) is 14.2 Å². The summed E-state index contributed by atoms with van der Waals surface area (Å²) in [5, 5.41) is 0.677. The van der Waals surface area contributed by atoms with Crippen LogP contribution in [-0.2, 0) is 25.0 Å². The number of amidine groups is 1. The summed E-state index contributed by atoms with van der Waals surface area (Å²) in [5.41, 5.74) is 2.28. The Labute approximate surface area is 257 Å². The molecule has 0 aliphatic rings. The minimum atomic E-state index is -4.52. The summed E-state index contributed by atoms with van der Waals surface area (Å²) in [6.45, 7) is 0.903. The second kappa shape index (κ2) is 15.2. The number of rotatable bonds is 9. The predicted molar refractivity (Wildman–Crippen MR) is 167 cm³/mol. The van der Waals surface area contributed by atoms with E-state index in [0.29, 0.717) is 24.0 Å². The highest BCUT2D eigenvalue weighted by atomic mass is 79.9. The van der Waals surface area contributed by atoms with Crippen LogP contribution in [0.25, 0.3) is 0 Å². The Morgan fingerprint density at radius 3 is 1.80 bits per heavy atom. The average Bonchev–Trinajstić information content (AvgIpc) is 2.96. The Bertz CT molecular complexity index is 1370. The van der Waals surface area contributed by atoms with E-state index < -0.39 is 11.7 Å². The number of halogens is 5. The van der Waals surface area contributed by atoms with Crippen LogP contribution < -0.4 is 9.47 Å². The van der Waals surface area contributed by atoms with Gasteiger partial charge in [0.05, 0.1) is 30.5 Å². The third kappa shape index (κ3) is 9.45. The molecule has 0 radical (unpaired) electrons. The monoisotopic (exact) mass is 664 g/mol. The lowest BCUT2D eigenvalue weighted by Crippen LogP contribution is -2.28. The van der Waals surface area contributed by atoms with E-state index in [2.05, 4.69) is 0 Å². The van der Waals surface area contributed by atoms with Crippen molar-refractivity contribution in [1.82, 2.24) is 4.90 Å². The summed E-state index contributed by atoms with van der Waals surface area (Å²) in [6, 6.07) is 28.3. The minimum absolute atomic E-state index is 0. The number of alkyl halides is 3. The summed E-state index contributed by atoms with van der Waals surface area (Å²) in [5.74, 6) is 2.03. The molecule has 0 aliphatic heterocycles. The fourth-order valence-corrected chi connectivity index (χ4v) is 5.01. The molecule has 0 heterocycles. The highest BCUT2D eigenvalue weighted by Crippen LogP contribution is 2.36. The first-order valence-electron chi connectivity index (χ1n) is 12.4. The van der Waals surface area contributed by atoms with Crippen molar-refractivity contribution in [3.63, 3.8) is 0 Å². The van der Waals surface area contributed by atoms with Gasteiger partial charge in [-0.3, -0.25) is 0 Å². The van der Waals surface area contributed by atoms with E-state index in [1.807, 2.05) is 83.8 Å². The van der Waals surface area contributed by atoms with Gasteiger partial charge in [0.15, 0.2) is 5.17 Å². The molecule has 0 amide bonds. The van der Waals surface area contributed by atoms with Gasteiger partial charge in [-0.2, -0.15) is 13.2 Å². The number of aliphatic imine (C=N–C) groups is 1. The van der Waals surface area contributed by atoms with Crippen molar-refractivity contribution in [3.8, 4) is 11.5 Å². The fraction of sp³-hybridized carbons (Fsp3) is 0.194. The molecule has 4 nitrogen and oxygen atoms in total. The first kappa shape index (κ1) is 32.4. The third-order valence-electron chi connectivity index (χ3n) is 6.04. The maximum Gasteiger partial charge on any atom is 0.416 e. The van der Waals surface area contributed by atoms with E-state index in [4.69, 9.17) is 26.1 Å². The number of ether oxygens (including phenoxy) is 2. The smallest absolute Gasteiger partial charge is 0.416 e. The van der Waals surface area contributed by atoms with Crippen LogP contribution in [0.1, 0.15) is 22.3 Å². The molecule has 0 aromatic heterocycles. The molecule has 0 unspecified atom stereocenters. The number of hydrogen-bond donors (Lipinski definition) is 0. The molecule has 216 valence electrons. The molecule has 41 heavy (non-hydrogen) atoms. The van der Waals surface area contributed by atoms with Gasteiger partial charge in [0.1, 0.15) is 11.5 Å². The minimum Gasteiger partial charge on any atom is -0.497 e. The van der Waals surface area contributed by atoms with Crippen molar-refractivity contribution in [2.75, 3.05) is 14.2 Å². The number of hydrogen-bond acceptors (Lipinski definition) is 4. The normalized spacial score (nSPS) is 11.5. The second-order valence-electron chi connectivity index (χ2n) is 8.88. The molecule has 0 bridgehead atoms. The first-order valence-corrected chi connectivity index (χ1v) is 13.7. The van der Waals surface area contributed by atoms with Crippen LogP contribution in [0.5, 0.6) is 11.5 Å². The average molecular weight is 666 g/mol. The van der Waals surface area contributed by atoms with Crippen LogP contribution in [0.3, 0.4) is 0 Å². The van der Waals surface area contributed by atoms with Crippen molar-refractivity contribution in [1.29, 1.82) is 0 Å². The molecule has 4 aromatic carbocycles. The van der Waals surface area contributed by atoms with E-state index in [-0.39, 0.29) is 27.7 Å². The van der Waals surface area contributed by atoms with Crippen LogP contribution >= 0.6 is 40.3 Å². The second-order valence-corrected chi connectivity index (χ2v) is 10.2. The van der Waals surface area contributed by atoms with Crippen LogP contribution in [0.15, 0.2) is 102 Å². The highest BCUT2D eigenvalue weighted by molar-refractivity contribution is 8.93. The number of nitrogens with zero attached hydrogens (tertiary/aromatic N) is 2. The van der Waals surface area contributed by atoms with Crippen LogP contribution in [0.4, 0.5) is 18.9 Å². The van der Waals surface area contributed by atoms with Gasteiger partial charge in [-0.05, 0) is 59.2 Å². The molecule has 0 fully saturated rings. The maximum atomic E-state index is 13.5. The van der Waals surface area contributed by atoms with Gasteiger partial charge in [-0.25, -0.2) is 4.99 Å². The van der Waals surface area contributed by atoms with Crippen molar-refractivity contribution in [3.05, 3.63) is 124 Å². The fourth-order valence-electron chi connectivity index (χ4n) is 3.89. The van der Waals surface area contributed by atoms with E-state index in [9.17, 15) is 13.2 Å². The van der Waals surface area contributed by atoms with Gasteiger partial charge in [0.2, 0.25) is 0 Å². The van der Waals surface area contributed by atoms with Crippen LogP contribution in [0, 0.1) is 0 Å². The van der Waals surface area contributed by atoms with Gasteiger partial charge in [-0.15, -0.1) is 17.0 Å². The Morgan fingerprint density at radius 2 is 1.32 bits per heavy atom. The van der Waals surface area contributed by atoms with Crippen molar-refractivity contribution in [2.45, 2.75) is 25.0 Å². The van der Waals surface area contributed by atoms with Crippen LogP contribution in [0.2, 0.25) is 5.02 Å². The molecule has 4 aromatic rings. The van der Waals surface area contributed by atoms with Crippen LogP contribution in [-0.4, -0.2) is 24.3 Å². The van der Waals surface area contributed by atoms with Gasteiger partial charge in [0, 0.05) is 18.8 Å². The Kier molecular flexibility index (Phi) is 12.0. The molecule has 0 saturated carbocycles. The van der Waals surface area contributed by atoms with Crippen molar-refractivity contribution in [2.24, 2.45) is 4.99 Å². The van der Waals surface area contributed by atoms with Gasteiger partial charge in [-0.1, -0.05) is 78.0 Å². The summed E-state index contributed by atoms with van der Waals surface area (Å²) in [6.07, 6.45) is -4.52. The largest absolute Gasteiger partial charge is 0.497 e. The molecule has 0 spiro atoms. The Balaban J connectivity index is 0.00000462. The van der Waals surface area contributed by atoms with E-state index >= 15 is 0 Å². The number of benzene rings is 4. The zero-order chi connectivity index (χ0) is 28.5. The predicted octanol–water partition coefficient (Wildman–Crippen LogP) is 9.58. The lowest BCUT2D eigenvalue weighted by atomic mass is 10.1. The first-order chi connectivity index (χ1) is 19.2. The lowest BCUT2D eigenvalue weighted by molar-refractivity contribution is -0.137. The van der Waals surface area contributed by atoms with Gasteiger partial charge >= 0.3 is 6.18 Å². The Morgan fingerprint density at radius 1 is 0.780 bits per heavy atom. The molecule has 0 aliphatic carbocycles. The quantitative estimate of drug-likeness (QED) is 0.132. The summed E-state index contributed by atoms with van der Waals surface area (Å²) >= 11 is 7.81. The highest BCUT2D eigenvalue weighted by Gasteiger charge is 2.31. The molecule has 0 N–H and O–H groups in total. The summed E-state index contributed by atoms with van der Waals surface area (Å²) in [7, 11) is 3.21. The lowest BCUT2D eigenvalue weighted by Gasteiger charge is -2.27. The summed E-state index contributed by atoms with van der Waals surface area (Å²) < 4.78 is 51.2. The SMILES string of the molecule is Br.COc1ccc(CN(Cc2ccc(OC)cc2)C(=Nc2cc(C(F)(F)F)ccc2Cl)SCc2ccccc2)cc1. The zero-order valence-electron chi connectivity index (χ0n) is 22.4. The summed E-state index contributed by atoms with van der Waals surface area (Å²) in [4.78, 5) is 6.77. The molecule has 10 heteroatoms. The van der Waals surface area contributed by atoms with Gasteiger partial charge < -0.3 is 14.4 Å². The maximum absolute atomic E-state index is 13.5. The Hall–Kier alpha value is -3.14. The number of methoxy groups -OCH3 is 2. The molecular weight excluding hydrogens is 637 g/mol. The van der Waals surface area contributed by atoms with Crippen molar-refractivity contribution >= 4 is 51.2 Å². The molecule has 0 saturated heterocycles. The van der Waals surface area contributed by atoms with Gasteiger partial charge in [0.25, 0.3) is 0 Å². The van der Waals surface area contributed by atoms with E-state index in [1.165, 1.54) is 17.8 Å². The van der Waals surface area contributed by atoms with E-state index in [0.717, 1.165) is 40.3 Å². The number of thioether (sulfide) groups is 1. The molecular formula is C31H29BrClF3N2O2S. The molecule has 4 rings (SSSR count).